The van der Waals surface area contributed by atoms with Gasteiger partial charge >= 0.3 is 5.97 Å². The summed E-state index contributed by atoms with van der Waals surface area (Å²) in [7, 11) is 0. The van der Waals surface area contributed by atoms with Gasteiger partial charge < -0.3 is 21.5 Å². The van der Waals surface area contributed by atoms with Crippen LogP contribution in [0.2, 0.25) is 0 Å². The zero-order chi connectivity index (χ0) is 19.2. The van der Waals surface area contributed by atoms with Crippen molar-refractivity contribution in [3.05, 3.63) is 60.3 Å². The van der Waals surface area contributed by atoms with Crippen LogP contribution in [-0.4, -0.2) is 38.5 Å². The van der Waals surface area contributed by atoms with E-state index in [1.165, 1.54) is 0 Å². The average Bonchev–Trinajstić information content (AvgIpc) is 2.67. The van der Waals surface area contributed by atoms with E-state index in [0.29, 0.717) is 22.6 Å². The average molecular weight is 364 g/mol. The van der Waals surface area contributed by atoms with Crippen molar-refractivity contribution in [1.82, 2.24) is 15.0 Å². The molecule has 136 valence electrons. The molecule has 9 nitrogen and oxygen atoms in total. The van der Waals surface area contributed by atoms with Crippen LogP contribution in [0.25, 0.3) is 11.4 Å². The molecule has 0 unspecified atom stereocenters. The Bertz CT molecular complexity index is 978. The second-order valence-corrected chi connectivity index (χ2v) is 5.50. The first kappa shape index (κ1) is 17.8. The van der Waals surface area contributed by atoms with Gasteiger partial charge in [0, 0.05) is 23.5 Å². The van der Waals surface area contributed by atoms with Crippen LogP contribution in [0.3, 0.4) is 0 Å². The molecule has 0 aliphatic rings. The fourth-order valence-electron chi connectivity index (χ4n) is 2.26. The lowest BCUT2D eigenvalue weighted by Gasteiger charge is -2.10. The Balaban J connectivity index is 1.92. The van der Waals surface area contributed by atoms with Crippen LogP contribution in [-0.2, 0) is 4.79 Å². The van der Waals surface area contributed by atoms with Gasteiger partial charge in [0.05, 0.1) is 11.4 Å². The van der Waals surface area contributed by atoms with Crippen LogP contribution in [0, 0.1) is 0 Å². The third-order valence-corrected chi connectivity index (χ3v) is 3.44. The minimum absolute atomic E-state index is 0.0587. The molecule has 0 bridgehead atoms. The highest BCUT2D eigenvalue weighted by atomic mass is 16.4. The lowest BCUT2D eigenvalue weighted by Crippen LogP contribution is -2.17. The number of nitrogens with one attached hydrogen (secondary N) is 2. The van der Waals surface area contributed by atoms with Crippen LogP contribution < -0.4 is 16.4 Å². The summed E-state index contributed by atoms with van der Waals surface area (Å²) < 4.78 is 0. The monoisotopic (exact) mass is 364 g/mol. The number of anilines is 3. The standard InChI is InChI=1S/C18H16N6O3/c19-12-5-3-4-11(8-12)17(27)23-15-9-14(13-6-1-2-7-20-13)22-18(24-15)21-10-16(25)26/h1-9H,10,19H2,(H,25,26)(H2,21,22,23,24,27). The van der Waals surface area contributed by atoms with E-state index in [9.17, 15) is 9.59 Å². The van der Waals surface area contributed by atoms with Crippen molar-refractivity contribution in [2.24, 2.45) is 0 Å². The zero-order valence-corrected chi connectivity index (χ0v) is 14.1. The normalized spacial score (nSPS) is 10.2. The van der Waals surface area contributed by atoms with E-state index >= 15 is 0 Å². The zero-order valence-electron chi connectivity index (χ0n) is 14.1. The van der Waals surface area contributed by atoms with Gasteiger partial charge in [-0.3, -0.25) is 14.6 Å². The largest absolute Gasteiger partial charge is 0.480 e. The summed E-state index contributed by atoms with van der Waals surface area (Å²) in [6.45, 7) is -0.367. The number of hydrogen-bond donors (Lipinski definition) is 4. The number of pyridine rings is 1. The molecule has 0 fully saturated rings. The minimum atomic E-state index is -1.06. The minimum Gasteiger partial charge on any atom is -0.480 e. The number of hydrogen-bond acceptors (Lipinski definition) is 7. The first-order valence-electron chi connectivity index (χ1n) is 7.94. The van der Waals surface area contributed by atoms with Gasteiger partial charge in [0.25, 0.3) is 5.91 Å². The van der Waals surface area contributed by atoms with Crippen molar-refractivity contribution in [1.29, 1.82) is 0 Å². The lowest BCUT2D eigenvalue weighted by atomic mass is 10.2. The van der Waals surface area contributed by atoms with E-state index in [4.69, 9.17) is 10.8 Å². The summed E-state index contributed by atoms with van der Waals surface area (Å²) in [5.41, 5.74) is 7.52. The Labute approximate surface area is 154 Å². The van der Waals surface area contributed by atoms with Crippen molar-refractivity contribution in [3.8, 4) is 11.4 Å². The number of carbonyl (C=O) groups is 2. The molecule has 2 aromatic heterocycles. The molecule has 1 amide bonds. The second-order valence-electron chi connectivity index (χ2n) is 5.50. The maximum atomic E-state index is 12.4. The number of aromatic nitrogens is 3. The molecule has 0 spiro atoms. The van der Waals surface area contributed by atoms with E-state index in [0.717, 1.165) is 0 Å². The highest BCUT2D eigenvalue weighted by Gasteiger charge is 2.12. The first-order chi connectivity index (χ1) is 13.0. The smallest absolute Gasteiger partial charge is 0.322 e. The fourth-order valence-corrected chi connectivity index (χ4v) is 2.26. The van der Waals surface area contributed by atoms with E-state index in [-0.39, 0.29) is 18.3 Å². The Morgan fingerprint density at radius 1 is 1.04 bits per heavy atom. The second kappa shape index (κ2) is 7.91. The molecule has 3 aromatic rings. The number of amides is 1. The molecule has 2 heterocycles. The molecule has 0 aliphatic heterocycles. The highest BCUT2D eigenvalue weighted by Crippen LogP contribution is 2.20. The number of aliphatic carboxylic acids is 1. The van der Waals surface area contributed by atoms with Crippen molar-refractivity contribution < 1.29 is 14.7 Å². The van der Waals surface area contributed by atoms with Crippen LogP contribution in [0.4, 0.5) is 17.5 Å². The third kappa shape index (κ3) is 4.75. The molecule has 0 atom stereocenters. The van der Waals surface area contributed by atoms with Crippen LogP contribution >= 0.6 is 0 Å². The summed E-state index contributed by atoms with van der Waals surface area (Å²) in [5.74, 6) is -1.21. The number of rotatable bonds is 6. The molecule has 9 heteroatoms. The highest BCUT2D eigenvalue weighted by molar-refractivity contribution is 6.04. The van der Waals surface area contributed by atoms with Crippen LogP contribution in [0.1, 0.15) is 10.4 Å². The quantitative estimate of drug-likeness (QED) is 0.485. The van der Waals surface area contributed by atoms with Crippen LogP contribution in [0.5, 0.6) is 0 Å². The number of benzene rings is 1. The summed E-state index contributed by atoms with van der Waals surface area (Å²) in [5, 5.41) is 14.1. The topological polar surface area (TPSA) is 143 Å². The summed E-state index contributed by atoms with van der Waals surface area (Å²) in [6, 6.07) is 13.4. The van der Waals surface area contributed by atoms with Crippen molar-refractivity contribution in [2.75, 3.05) is 22.9 Å². The van der Waals surface area contributed by atoms with Gasteiger partial charge in [0.2, 0.25) is 5.95 Å². The van der Waals surface area contributed by atoms with Crippen LogP contribution in [0.15, 0.2) is 54.7 Å². The molecule has 3 rings (SSSR count). The van der Waals surface area contributed by atoms with Gasteiger partial charge in [-0.15, -0.1) is 0 Å². The number of carboxylic acids is 1. The SMILES string of the molecule is Nc1cccc(C(=O)Nc2cc(-c3ccccn3)nc(NCC(=O)O)n2)c1. The molecule has 0 aliphatic carbocycles. The molecular formula is C18H16N6O3. The van der Waals surface area contributed by atoms with Gasteiger partial charge in [-0.05, 0) is 30.3 Å². The Hall–Kier alpha value is -4.01. The summed E-state index contributed by atoms with van der Waals surface area (Å²) in [6.07, 6.45) is 1.60. The van der Waals surface area contributed by atoms with E-state index < -0.39 is 11.9 Å². The Morgan fingerprint density at radius 3 is 2.59 bits per heavy atom. The molecule has 0 saturated heterocycles. The number of carbonyl (C=O) groups excluding carboxylic acids is 1. The maximum absolute atomic E-state index is 12.4. The van der Waals surface area contributed by atoms with Crippen molar-refractivity contribution in [2.45, 2.75) is 0 Å². The fraction of sp³-hybridized carbons (Fsp3) is 0.0556. The van der Waals surface area contributed by atoms with Gasteiger partial charge in [0.1, 0.15) is 12.4 Å². The molecule has 5 N–H and O–H groups in total. The number of nitrogens with zero attached hydrogens (tertiary/aromatic N) is 3. The van der Waals surface area contributed by atoms with E-state index in [1.54, 1.807) is 54.7 Å². The molecule has 0 radical (unpaired) electrons. The maximum Gasteiger partial charge on any atom is 0.322 e. The van der Waals surface area contributed by atoms with Gasteiger partial charge in [-0.25, -0.2) is 4.98 Å². The van der Waals surface area contributed by atoms with Gasteiger partial charge in [-0.1, -0.05) is 12.1 Å². The summed E-state index contributed by atoms with van der Waals surface area (Å²) in [4.78, 5) is 35.8. The van der Waals surface area contributed by atoms with Gasteiger partial charge in [-0.2, -0.15) is 4.98 Å². The Kier molecular flexibility index (Phi) is 5.22. The van der Waals surface area contributed by atoms with Gasteiger partial charge in [0.15, 0.2) is 0 Å². The molecular weight excluding hydrogens is 348 g/mol. The first-order valence-corrected chi connectivity index (χ1v) is 7.94. The van der Waals surface area contributed by atoms with Crippen molar-refractivity contribution >= 4 is 29.3 Å². The molecule has 27 heavy (non-hydrogen) atoms. The van der Waals surface area contributed by atoms with Crippen molar-refractivity contribution in [3.63, 3.8) is 0 Å². The number of nitrogen functional groups attached to an aromatic ring is 1. The molecule has 0 saturated carbocycles. The predicted octanol–water partition coefficient (Wildman–Crippen LogP) is 1.87. The van der Waals surface area contributed by atoms with E-state index in [2.05, 4.69) is 25.6 Å². The summed E-state index contributed by atoms with van der Waals surface area (Å²) >= 11 is 0. The molecule has 1 aromatic carbocycles. The lowest BCUT2D eigenvalue weighted by molar-refractivity contribution is -0.134. The predicted molar refractivity (Wildman–Crippen MR) is 100 cm³/mol. The number of nitrogens with two attached hydrogens (primary N) is 1. The van der Waals surface area contributed by atoms with E-state index in [1.807, 2.05) is 0 Å². The Morgan fingerprint density at radius 2 is 1.89 bits per heavy atom. The third-order valence-electron chi connectivity index (χ3n) is 3.44. The number of carboxylic acid groups (broad SMARTS) is 1.